The molecule has 6 heteroatoms. The van der Waals surface area contributed by atoms with E-state index in [1.807, 2.05) is 30.3 Å². The van der Waals surface area contributed by atoms with E-state index in [-0.39, 0.29) is 0 Å². The van der Waals surface area contributed by atoms with Crippen LogP contribution in [-0.4, -0.2) is 24.5 Å². The molecule has 96 valence electrons. The summed E-state index contributed by atoms with van der Waals surface area (Å²) in [6.07, 6.45) is 1.98. The molecule has 0 aliphatic rings. The molecule has 1 atom stereocenters. The second-order valence-electron chi connectivity index (χ2n) is 3.97. The third-order valence-electron chi connectivity index (χ3n) is 2.50. The van der Waals surface area contributed by atoms with Crippen molar-refractivity contribution in [1.82, 2.24) is 9.78 Å². The minimum atomic E-state index is -3.56. The van der Waals surface area contributed by atoms with Crippen LogP contribution in [0.5, 0.6) is 0 Å². The molecule has 5 nitrogen and oxygen atoms in total. The SMILES string of the molecule is Cn1nccc1C(OS(C)(=O)=O)c1ccccc1. The Labute approximate surface area is 106 Å². The molecule has 1 aromatic heterocycles. The van der Waals surface area contributed by atoms with Gasteiger partial charge in [0.2, 0.25) is 0 Å². The standard InChI is InChI=1S/C12H14N2O3S/c1-14-11(8-9-13-14)12(17-18(2,15)16)10-6-4-3-5-7-10/h3-9,12H,1-2H3. The van der Waals surface area contributed by atoms with E-state index in [9.17, 15) is 8.42 Å². The number of benzene rings is 1. The van der Waals surface area contributed by atoms with Gasteiger partial charge in [0.25, 0.3) is 10.1 Å². The van der Waals surface area contributed by atoms with Gasteiger partial charge in [-0.25, -0.2) is 0 Å². The Morgan fingerprint density at radius 3 is 2.39 bits per heavy atom. The van der Waals surface area contributed by atoms with Crippen molar-refractivity contribution >= 4 is 10.1 Å². The number of aromatic nitrogens is 2. The lowest BCUT2D eigenvalue weighted by Gasteiger charge is -2.16. The average molecular weight is 266 g/mol. The molecule has 0 saturated carbocycles. The maximum atomic E-state index is 11.4. The summed E-state index contributed by atoms with van der Waals surface area (Å²) in [4.78, 5) is 0. The van der Waals surface area contributed by atoms with E-state index in [1.54, 1.807) is 24.0 Å². The van der Waals surface area contributed by atoms with Gasteiger partial charge in [-0.1, -0.05) is 30.3 Å². The van der Waals surface area contributed by atoms with E-state index in [4.69, 9.17) is 4.18 Å². The largest absolute Gasteiger partial charge is 0.270 e. The molecule has 0 radical (unpaired) electrons. The number of hydrogen-bond donors (Lipinski definition) is 0. The van der Waals surface area contributed by atoms with Gasteiger partial charge in [-0.2, -0.15) is 13.5 Å². The molecule has 0 saturated heterocycles. The van der Waals surface area contributed by atoms with E-state index in [0.717, 1.165) is 11.8 Å². The zero-order valence-corrected chi connectivity index (χ0v) is 11.0. The molecular formula is C12H14N2O3S. The smallest absolute Gasteiger partial charge is 0.265 e. The highest BCUT2D eigenvalue weighted by Gasteiger charge is 2.22. The highest BCUT2D eigenvalue weighted by Crippen LogP contribution is 2.26. The number of aryl methyl sites for hydroxylation is 1. The second-order valence-corrected chi connectivity index (χ2v) is 5.57. The van der Waals surface area contributed by atoms with E-state index >= 15 is 0 Å². The summed E-state index contributed by atoms with van der Waals surface area (Å²) in [5.74, 6) is 0. The monoisotopic (exact) mass is 266 g/mol. The number of nitrogens with zero attached hydrogens (tertiary/aromatic N) is 2. The summed E-state index contributed by atoms with van der Waals surface area (Å²) < 4.78 is 29.5. The van der Waals surface area contributed by atoms with Gasteiger partial charge in [0.15, 0.2) is 0 Å². The van der Waals surface area contributed by atoms with Crippen molar-refractivity contribution in [3.8, 4) is 0 Å². The Kier molecular flexibility index (Phi) is 3.49. The third-order valence-corrected chi connectivity index (χ3v) is 3.04. The second kappa shape index (κ2) is 4.91. The van der Waals surface area contributed by atoms with Crippen LogP contribution in [0.2, 0.25) is 0 Å². The first-order valence-corrected chi connectivity index (χ1v) is 7.20. The minimum absolute atomic E-state index is 0.673. The summed E-state index contributed by atoms with van der Waals surface area (Å²) >= 11 is 0. The van der Waals surface area contributed by atoms with Crippen molar-refractivity contribution in [2.45, 2.75) is 6.10 Å². The molecule has 1 unspecified atom stereocenters. The number of rotatable bonds is 4. The first-order valence-electron chi connectivity index (χ1n) is 5.38. The zero-order chi connectivity index (χ0) is 13.2. The van der Waals surface area contributed by atoms with Crippen LogP contribution in [-0.2, 0) is 21.3 Å². The molecule has 0 N–H and O–H groups in total. The Morgan fingerprint density at radius 1 is 1.22 bits per heavy atom. The van der Waals surface area contributed by atoms with Crippen molar-refractivity contribution < 1.29 is 12.6 Å². The Balaban J connectivity index is 2.45. The highest BCUT2D eigenvalue weighted by atomic mass is 32.2. The molecule has 2 aromatic rings. The van der Waals surface area contributed by atoms with Crippen LogP contribution in [0.4, 0.5) is 0 Å². The van der Waals surface area contributed by atoms with Crippen LogP contribution < -0.4 is 0 Å². The van der Waals surface area contributed by atoms with E-state index in [1.165, 1.54) is 0 Å². The summed E-state index contributed by atoms with van der Waals surface area (Å²) in [5.41, 5.74) is 1.46. The van der Waals surface area contributed by atoms with Crippen LogP contribution in [0.25, 0.3) is 0 Å². The van der Waals surface area contributed by atoms with Gasteiger partial charge in [-0.05, 0) is 11.6 Å². The van der Waals surface area contributed by atoms with Crippen LogP contribution in [0.15, 0.2) is 42.6 Å². The van der Waals surface area contributed by atoms with Gasteiger partial charge in [0.05, 0.1) is 11.9 Å². The van der Waals surface area contributed by atoms with Crippen LogP contribution >= 0.6 is 0 Å². The van der Waals surface area contributed by atoms with Gasteiger partial charge in [-0.15, -0.1) is 0 Å². The molecule has 1 heterocycles. The molecule has 0 aliphatic heterocycles. The van der Waals surface area contributed by atoms with Crippen molar-refractivity contribution in [3.05, 3.63) is 53.9 Å². The van der Waals surface area contributed by atoms with Gasteiger partial charge in [-0.3, -0.25) is 8.86 Å². The zero-order valence-electron chi connectivity index (χ0n) is 10.1. The predicted molar refractivity (Wildman–Crippen MR) is 67.4 cm³/mol. The summed E-state index contributed by atoms with van der Waals surface area (Å²) in [6, 6.07) is 10.9. The fraction of sp³-hybridized carbons (Fsp3) is 0.250. The van der Waals surface area contributed by atoms with Crippen molar-refractivity contribution in [1.29, 1.82) is 0 Å². The molecule has 18 heavy (non-hydrogen) atoms. The van der Waals surface area contributed by atoms with Crippen molar-refractivity contribution in [2.24, 2.45) is 7.05 Å². The molecule has 1 aromatic carbocycles. The van der Waals surface area contributed by atoms with Crippen molar-refractivity contribution in [3.63, 3.8) is 0 Å². The molecule has 0 spiro atoms. The lowest BCUT2D eigenvalue weighted by Crippen LogP contribution is -2.15. The number of hydrogen-bond acceptors (Lipinski definition) is 4. The fourth-order valence-corrected chi connectivity index (χ4v) is 2.28. The lowest BCUT2D eigenvalue weighted by molar-refractivity contribution is 0.245. The minimum Gasteiger partial charge on any atom is -0.270 e. The molecule has 2 rings (SSSR count). The summed E-state index contributed by atoms with van der Waals surface area (Å²) in [6.45, 7) is 0. The van der Waals surface area contributed by atoms with Gasteiger partial charge in [0, 0.05) is 13.2 Å². The lowest BCUT2D eigenvalue weighted by atomic mass is 10.1. The first-order chi connectivity index (χ1) is 8.47. The van der Waals surface area contributed by atoms with Crippen LogP contribution in [0.3, 0.4) is 0 Å². The van der Waals surface area contributed by atoms with E-state index < -0.39 is 16.2 Å². The molecule has 0 bridgehead atoms. The van der Waals surface area contributed by atoms with Gasteiger partial charge < -0.3 is 0 Å². The molecule has 0 amide bonds. The first kappa shape index (κ1) is 12.8. The maximum Gasteiger partial charge on any atom is 0.265 e. The normalized spacial score (nSPS) is 13.4. The predicted octanol–water partition coefficient (Wildman–Crippen LogP) is 1.49. The van der Waals surface area contributed by atoms with E-state index in [0.29, 0.717) is 5.69 Å². The Morgan fingerprint density at radius 2 is 1.89 bits per heavy atom. The third kappa shape index (κ3) is 2.96. The highest BCUT2D eigenvalue weighted by molar-refractivity contribution is 7.86. The summed E-state index contributed by atoms with van der Waals surface area (Å²) in [5, 5.41) is 4.03. The van der Waals surface area contributed by atoms with E-state index in [2.05, 4.69) is 5.10 Å². The van der Waals surface area contributed by atoms with Crippen LogP contribution in [0.1, 0.15) is 17.4 Å². The fourth-order valence-electron chi connectivity index (χ4n) is 1.72. The maximum absolute atomic E-state index is 11.4. The Hall–Kier alpha value is -1.66. The van der Waals surface area contributed by atoms with Gasteiger partial charge in [0.1, 0.15) is 6.10 Å². The van der Waals surface area contributed by atoms with Crippen molar-refractivity contribution in [2.75, 3.05) is 6.26 Å². The molecule has 0 aliphatic carbocycles. The molecular weight excluding hydrogens is 252 g/mol. The average Bonchev–Trinajstić information content (AvgIpc) is 2.72. The quantitative estimate of drug-likeness (QED) is 0.787. The topological polar surface area (TPSA) is 61.2 Å². The van der Waals surface area contributed by atoms with Gasteiger partial charge >= 0.3 is 0 Å². The molecule has 0 fully saturated rings. The summed E-state index contributed by atoms with van der Waals surface area (Å²) in [7, 11) is -1.81. The Bertz CT molecular complexity index is 620. The van der Waals surface area contributed by atoms with Crippen LogP contribution in [0, 0.1) is 0 Å².